The number of hydrogen-bond acceptors (Lipinski definition) is 5. The Bertz CT molecular complexity index is 418. The highest BCUT2D eigenvalue weighted by atomic mass is 32.1. The van der Waals surface area contributed by atoms with Gasteiger partial charge in [-0.25, -0.2) is 0 Å². The van der Waals surface area contributed by atoms with E-state index in [2.05, 4.69) is 12.6 Å². The van der Waals surface area contributed by atoms with Crippen LogP contribution in [0.15, 0.2) is 17.0 Å². The van der Waals surface area contributed by atoms with Gasteiger partial charge < -0.3 is 0 Å². The molecule has 0 spiro atoms. The molecule has 0 saturated heterocycles. The van der Waals surface area contributed by atoms with Gasteiger partial charge in [-0.2, -0.15) is 0 Å². The normalized spacial score (nSPS) is 9.86. The van der Waals surface area contributed by atoms with Gasteiger partial charge in [-0.3, -0.25) is 20.2 Å². The second kappa shape index (κ2) is 3.62. The molecule has 0 heterocycles. The van der Waals surface area contributed by atoms with Crippen LogP contribution in [0, 0.1) is 27.2 Å². The molecule has 0 atom stereocenters. The van der Waals surface area contributed by atoms with Crippen molar-refractivity contribution in [2.24, 2.45) is 0 Å². The number of hydrogen-bond donors (Lipinski definition) is 1. The maximum atomic E-state index is 10.6. The van der Waals surface area contributed by atoms with Gasteiger partial charge in [-0.1, -0.05) is 0 Å². The molecule has 0 amide bonds. The number of thiol groups is 1. The van der Waals surface area contributed by atoms with E-state index in [1.807, 2.05) is 0 Å². The van der Waals surface area contributed by atoms with E-state index in [0.717, 1.165) is 0 Å². The van der Waals surface area contributed by atoms with Crippen LogP contribution in [-0.4, -0.2) is 9.85 Å². The summed E-state index contributed by atoms with van der Waals surface area (Å²) in [6.07, 6.45) is 0. The van der Waals surface area contributed by atoms with Crippen molar-refractivity contribution < 1.29 is 9.85 Å². The van der Waals surface area contributed by atoms with Crippen LogP contribution in [0.1, 0.15) is 5.56 Å². The highest BCUT2D eigenvalue weighted by Gasteiger charge is 2.24. The number of aryl methyl sites for hydroxylation is 1. The Morgan fingerprint density at radius 2 is 1.79 bits per heavy atom. The Balaban J connectivity index is 3.49. The third-order valence-electron chi connectivity index (χ3n) is 1.71. The zero-order valence-corrected chi connectivity index (χ0v) is 8.02. The molecule has 0 aromatic heterocycles. The molecule has 6 nitrogen and oxygen atoms in total. The van der Waals surface area contributed by atoms with E-state index < -0.39 is 9.85 Å². The Kier molecular flexibility index (Phi) is 2.70. The molecule has 14 heavy (non-hydrogen) atoms. The molecule has 0 aliphatic carbocycles. The standard InChI is InChI=1S/C7H6N2O4S/c1-4-2-3-5(8(10)11)7(14)6(4)9(12)13/h2-3,14H,1H3. The van der Waals surface area contributed by atoms with Gasteiger partial charge in [0.05, 0.1) is 9.85 Å². The lowest BCUT2D eigenvalue weighted by Gasteiger charge is -2.00. The van der Waals surface area contributed by atoms with Gasteiger partial charge in [0.25, 0.3) is 11.4 Å². The highest BCUT2D eigenvalue weighted by molar-refractivity contribution is 7.80. The summed E-state index contributed by atoms with van der Waals surface area (Å²) in [5.74, 6) is 0. The average Bonchev–Trinajstić information content (AvgIpc) is 2.02. The van der Waals surface area contributed by atoms with E-state index in [1.165, 1.54) is 19.1 Å². The maximum Gasteiger partial charge on any atom is 0.292 e. The minimum atomic E-state index is -0.700. The topological polar surface area (TPSA) is 86.3 Å². The monoisotopic (exact) mass is 214 g/mol. The van der Waals surface area contributed by atoms with Crippen LogP contribution >= 0.6 is 12.6 Å². The van der Waals surface area contributed by atoms with Gasteiger partial charge in [0.1, 0.15) is 0 Å². The molecule has 1 aromatic carbocycles. The molecule has 0 aliphatic heterocycles. The lowest BCUT2D eigenvalue weighted by molar-refractivity contribution is -0.400. The highest BCUT2D eigenvalue weighted by Crippen LogP contribution is 2.34. The second-order valence-corrected chi connectivity index (χ2v) is 3.06. The van der Waals surface area contributed by atoms with Crippen LogP contribution in [0.4, 0.5) is 11.4 Å². The molecule has 0 aliphatic rings. The maximum absolute atomic E-state index is 10.6. The van der Waals surface area contributed by atoms with Crippen molar-refractivity contribution in [3.63, 3.8) is 0 Å². The Morgan fingerprint density at radius 3 is 2.21 bits per heavy atom. The molecular formula is C7H6N2O4S. The zero-order valence-electron chi connectivity index (χ0n) is 7.13. The molecule has 1 aromatic rings. The molecule has 74 valence electrons. The summed E-state index contributed by atoms with van der Waals surface area (Å²) >= 11 is 3.78. The molecule has 1 rings (SSSR count). The summed E-state index contributed by atoms with van der Waals surface area (Å²) in [6.45, 7) is 1.50. The molecule has 0 saturated carbocycles. The fourth-order valence-corrected chi connectivity index (χ4v) is 1.46. The fraction of sp³-hybridized carbons (Fsp3) is 0.143. The quantitative estimate of drug-likeness (QED) is 0.464. The van der Waals surface area contributed by atoms with Gasteiger partial charge in [0, 0.05) is 11.6 Å². The first-order valence-electron chi connectivity index (χ1n) is 3.56. The largest absolute Gasteiger partial charge is 0.292 e. The minimum absolute atomic E-state index is 0.208. The van der Waals surface area contributed by atoms with Gasteiger partial charge >= 0.3 is 0 Å². The number of rotatable bonds is 2. The zero-order chi connectivity index (χ0) is 10.9. The van der Waals surface area contributed by atoms with Crippen LogP contribution in [0.25, 0.3) is 0 Å². The molecule has 7 heteroatoms. The van der Waals surface area contributed by atoms with Crippen LogP contribution in [0.5, 0.6) is 0 Å². The fourth-order valence-electron chi connectivity index (χ4n) is 1.05. The molecule has 0 fully saturated rings. The first-order chi connectivity index (χ1) is 6.45. The van der Waals surface area contributed by atoms with E-state index in [1.54, 1.807) is 0 Å². The molecule has 0 radical (unpaired) electrons. The Hall–Kier alpha value is -1.63. The summed E-state index contributed by atoms with van der Waals surface area (Å²) in [7, 11) is 0. The van der Waals surface area contributed by atoms with Gasteiger partial charge in [0.2, 0.25) is 0 Å². The van der Waals surface area contributed by atoms with Crippen molar-refractivity contribution in [2.75, 3.05) is 0 Å². The number of nitrogens with zero attached hydrogens (tertiary/aromatic N) is 2. The smallest absolute Gasteiger partial charge is 0.258 e. The molecule has 0 N–H and O–H groups in total. The van der Waals surface area contributed by atoms with Gasteiger partial charge in [-0.15, -0.1) is 12.6 Å². The number of nitro benzene ring substituents is 2. The molecular weight excluding hydrogens is 208 g/mol. The van der Waals surface area contributed by atoms with Crippen LogP contribution in [0.2, 0.25) is 0 Å². The van der Waals surface area contributed by atoms with E-state index in [0.29, 0.717) is 5.56 Å². The number of nitro groups is 2. The summed E-state index contributed by atoms with van der Waals surface area (Å²) in [5.41, 5.74) is -0.321. The van der Waals surface area contributed by atoms with Crippen molar-refractivity contribution in [1.82, 2.24) is 0 Å². The SMILES string of the molecule is Cc1ccc([N+](=O)[O-])c(S)c1[N+](=O)[O-]. The van der Waals surface area contributed by atoms with E-state index in [-0.39, 0.29) is 16.3 Å². The number of benzene rings is 1. The summed E-state index contributed by atoms with van der Waals surface area (Å²) < 4.78 is 0. The molecule has 0 unspecified atom stereocenters. The minimum Gasteiger partial charge on any atom is -0.258 e. The second-order valence-electron chi connectivity index (χ2n) is 2.61. The summed E-state index contributed by atoms with van der Waals surface area (Å²) in [5, 5.41) is 21.0. The van der Waals surface area contributed by atoms with Crippen molar-refractivity contribution in [3.8, 4) is 0 Å². The van der Waals surface area contributed by atoms with E-state index >= 15 is 0 Å². The van der Waals surface area contributed by atoms with E-state index in [4.69, 9.17) is 0 Å². The van der Waals surface area contributed by atoms with Crippen molar-refractivity contribution >= 4 is 24.0 Å². The predicted octanol–water partition coefficient (Wildman–Crippen LogP) is 2.10. The Morgan fingerprint density at radius 1 is 1.21 bits per heavy atom. The van der Waals surface area contributed by atoms with Crippen molar-refractivity contribution in [2.45, 2.75) is 11.8 Å². The van der Waals surface area contributed by atoms with Crippen LogP contribution in [-0.2, 0) is 0 Å². The molecule has 0 bridgehead atoms. The first kappa shape index (κ1) is 10.5. The third-order valence-corrected chi connectivity index (χ3v) is 2.15. The lowest BCUT2D eigenvalue weighted by atomic mass is 10.2. The predicted molar refractivity (Wildman–Crippen MR) is 51.7 cm³/mol. The first-order valence-corrected chi connectivity index (χ1v) is 4.01. The average molecular weight is 214 g/mol. The van der Waals surface area contributed by atoms with Crippen molar-refractivity contribution in [3.05, 3.63) is 37.9 Å². The third kappa shape index (κ3) is 1.67. The van der Waals surface area contributed by atoms with Gasteiger partial charge in [-0.05, 0) is 13.0 Å². The summed E-state index contributed by atoms with van der Waals surface area (Å²) in [4.78, 5) is 19.4. The van der Waals surface area contributed by atoms with Crippen molar-refractivity contribution in [1.29, 1.82) is 0 Å². The Labute approximate surface area is 84.3 Å². The van der Waals surface area contributed by atoms with E-state index in [9.17, 15) is 20.2 Å². The van der Waals surface area contributed by atoms with Crippen LogP contribution < -0.4 is 0 Å². The van der Waals surface area contributed by atoms with Crippen LogP contribution in [0.3, 0.4) is 0 Å². The van der Waals surface area contributed by atoms with Gasteiger partial charge in [0.15, 0.2) is 4.90 Å². The summed E-state index contributed by atoms with van der Waals surface area (Å²) in [6, 6.07) is 2.53. The lowest BCUT2D eigenvalue weighted by Crippen LogP contribution is -1.97.